The number of imide groups is 1. The second kappa shape index (κ2) is 7.06. The van der Waals surface area contributed by atoms with Gasteiger partial charge in [0.05, 0.1) is 12.2 Å². The van der Waals surface area contributed by atoms with E-state index in [2.05, 4.69) is 15.7 Å². The van der Waals surface area contributed by atoms with Crippen molar-refractivity contribution in [2.75, 3.05) is 11.9 Å². The van der Waals surface area contributed by atoms with Gasteiger partial charge in [0.15, 0.2) is 0 Å². The van der Waals surface area contributed by atoms with Gasteiger partial charge in [0.2, 0.25) is 5.91 Å². The molecule has 154 valence electrons. The predicted molar refractivity (Wildman–Crippen MR) is 104 cm³/mol. The maximum absolute atomic E-state index is 13.0. The van der Waals surface area contributed by atoms with Crippen molar-refractivity contribution in [2.24, 2.45) is 0 Å². The highest BCUT2D eigenvalue weighted by molar-refractivity contribution is 6.10. The lowest BCUT2D eigenvalue weighted by molar-refractivity contribution is -0.133. The SMILES string of the molecule is Cc1cc(C2(C)NC(=O)N(CC(=O)Nc3ccnn3C3CCCC3)C2=O)c(C)o1. The molecule has 4 amide bonds. The van der Waals surface area contributed by atoms with Crippen molar-refractivity contribution in [1.29, 1.82) is 0 Å². The maximum atomic E-state index is 13.0. The number of amides is 4. The summed E-state index contributed by atoms with van der Waals surface area (Å²) in [4.78, 5) is 39.0. The van der Waals surface area contributed by atoms with Crippen LogP contribution in [0.2, 0.25) is 0 Å². The van der Waals surface area contributed by atoms with Crippen LogP contribution in [0.15, 0.2) is 22.7 Å². The predicted octanol–water partition coefficient (Wildman–Crippen LogP) is 2.61. The van der Waals surface area contributed by atoms with E-state index >= 15 is 0 Å². The number of nitrogens with one attached hydrogen (secondary N) is 2. The van der Waals surface area contributed by atoms with Crippen molar-refractivity contribution < 1.29 is 18.8 Å². The third-order valence-electron chi connectivity index (χ3n) is 5.76. The summed E-state index contributed by atoms with van der Waals surface area (Å²) in [6, 6.07) is 3.13. The van der Waals surface area contributed by atoms with Crippen molar-refractivity contribution in [3.63, 3.8) is 0 Å². The summed E-state index contributed by atoms with van der Waals surface area (Å²) in [5.74, 6) is 0.865. The number of carbonyl (C=O) groups is 3. The Labute approximate surface area is 168 Å². The molecule has 0 bridgehead atoms. The van der Waals surface area contributed by atoms with E-state index in [1.54, 1.807) is 39.1 Å². The van der Waals surface area contributed by atoms with Gasteiger partial charge in [-0.15, -0.1) is 0 Å². The van der Waals surface area contributed by atoms with Crippen LogP contribution in [0.3, 0.4) is 0 Å². The molecule has 1 saturated heterocycles. The first-order chi connectivity index (χ1) is 13.8. The molecule has 29 heavy (non-hydrogen) atoms. The highest BCUT2D eigenvalue weighted by Crippen LogP contribution is 2.33. The molecular formula is C20H25N5O4. The van der Waals surface area contributed by atoms with E-state index in [1.807, 2.05) is 4.68 Å². The first-order valence-corrected chi connectivity index (χ1v) is 9.84. The van der Waals surface area contributed by atoms with Crippen LogP contribution in [0, 0.1) is 13.8 Å². The Bertz CT molecular complexity index is 971. The zero-order valence-corrected chi connectivity index (χ0v) is 16.8. The Morgan fingerprint density at radius 1 is 1.34 bits per heavy atom. The highest BCUT2D eigenvalue weighted by Gasteiger charge is 2.51. The second-order valence-electron chi connectivity index (χ2n) is 7.92. The molecule has 1 saturated carbocycles. The molecule has 2 aromatic heterocycles. The van der Waals surface area contributed by atoms with Gasteiger partial charge in [0, 0.05) is 11.6 Å². The third-order valence-corrected chi connectivity index (χ3v) is 5.76. The van der Waals surface area contributed by atoms with E-state index in [-0.39, 0.29) is 12.6 Å². The van der Waals surface area contributed by atoms with Crippen molar-refractivity contribution in [3.05, 3.63) is 35.4 Å². The van der Waals surface area contributed by atoms with E-state index in [4.69, 9.17) is 4.42 Å². The molecule has 4 rings (SSSR count). The van der Waals surface area contributed by atoms with Gasteiger partial charge in [0.1, 0.15) is 29.4 Å². The number of hydrogen-bond acceptors (Lipinski definition) is 5. The van der Waals surface area contributed by atoms with Crippen molar-refractivity contribution in [2.45, 2.75) is 58.0 Å². The summed E-state index contributed by atoms with van der Waals surface area (Å²) < 4.78 is 7.33. The number of hydrogen-bond donors (Lipinski definition) is 2. The van der Waals surface area contributed by atoms with Gasteiger partial charge in [-0.3, -0.25) is 14.5 Å². The average molecular weight is 399 g/mol. The van der Waals surface area contributed by atoms with Crippen molar-refractivity contribution in [3.8, 4) is 0 Å². The van der Waals surface area contributed by atoms with Gasteiger partial charge in [0.25, 0.3) is 5.91 Å². The normalized spacial score (nSPS) is 22.4. The molecule has 0 radical (unpaired) electrons. The molecule has 0 aromatic carbocycles. The Morgan fingerprint density at radius 3 is 2.72 bits per heavy atom. The van der Waals surface area contributed by atoms with Gasteiger partial charge in [-0.25, -0.2) is 9.48 Å². The smallest absolute Gasteiger partial charge is 0.325 e. The molecule has 9 heteroatoms. The lowest BCUT2D eigenvalue weighted by atomic mass is 9.92. The molecule has 2 N–H and O–H groups in total. The number of carbonyl (C=O) groups excluding carboxylic acids is 3. The summed E-state index contributed by atoms with van der Waals surface area (Å²) in [5, 5.41) is 9.81. The van der Waals surface area contributed by atoms with Gasteiger partial charge >= 0.3 is 6.03 Å². The minimum atomic E-state index is -1.26. The standard InChI is InChI=1S/C20H25N5O4/c1-12-10-15(13(2)29-12)20(3)18(27)24(19(28)23-20)11-17(26)22-16-8-9-21-25(16)14-6-4-5-7-14/h8-10,14H,4-7,11H2,1-3H3,(H,22,26)(H,23,28). The largest absolute Gasteiger partial charge is 0.466 e. The average Bonchev–Trinajstić information content (AvgIpc) is 3.42. The number of anilines is 1. The zero-order chi connectivity index (χ0) is 20.8. The lowest BCUT2D eigenvalue weighted by Crippen LogP contribution is -2.42. The summed E-state index contributed by atoms with van der Waals surface area (Å²) >= 11 is 0. The Hall–Kier alpha value is -3.10. The molecule has 9 nitrogen and oxygen atoms in total. The lowest BCUT2D eigenvalue weighted by Gasteiger charge is -2.21. The summed E-state index contributed by atoms with van der Waals surface area (Å²) in [6.07, 6.45) is 5.99. The maximum Gasteiger partial charge on any atom is 0.325 e. The molecular weight excluding hydrogens is 374 g/mol. The first-order valence-electron chi connectivity index (χ1n) is 9.84. The number of nitrogens with zero attached hydrogens (tertiary/aromatic N) is 3. The molecule has 1 aliphatic heterocycles. The zero-order valence-electron chi connectivity index (χ0n) is 16.8. The van der Waals surface area contributed by atoms with E-state index in [0.717, 1.165) is 30.6 Å². The summed E-state index contributed by atoms with van der Waals surface area (Å²) in [7, 11) is 0. The van der Waals surface area contributed by atoms with Crippen LogP contribution in [0.25, 0.3) is 0 Å². The number of rotatable bonds is 5. The number of urea groups is 1. The minimum Gasteiger partial charge on any atom is -0.466 e. The van der Waals surface area contributed by atoms with Crippen LogP contribution < -0.4 is 10.6 Å². The van der Waals surface area contributed by atoms with Gasteiger partial charge in [-0.2, -0.15) is 5.10 Å². The van der Waals surface area contributed by atoms with Crippen LogP contribution in [0.5, 0.6) is 0 Å². The fraction of sp³-hybridized carbons (Fsp3) is 0.500. The molecule has 1 atom stereocenters. The molecule has 2 fully saturated rings. The molecule has 2 aliphatic rings. The molecule has 3 heterocycles. The van der Waals surface area contributed by atoms with E-state index < -0.39 is 23.4 Å². The van der Waals surface area contributed by atoms with Gasteiger partial charge < -0.3 is 15.1 Å². The topological polar surface area (TPSA) is 109 Å². The monoisotopic (exact) mass is 399 g/mol. The molecule has 1 aliphatic carbocycles. The fourth-order valence-corrected chi connectivity index (χ4v) is 4.33. The van der Waals surface area contributed by atoms with Crippen molar-refractivity contribution in [1.82, 2.24) is 20.0 Å². The van der Waals surface area contributed by atoms with Crippen LogP contribution in [0.1, 0.15) is 55.7 Å². The highest BCUT2D eigenvalue weighted by atomic mass is 16.3. The second-order valence-corrected chi connectivity index (χ2v) is 7.92. The van der Waals surface area contributed by atoms with E-state index in [9.17, 15) is 14.4 Å². The van der Waals surface area contributed by atoms with Crippen LogP contribution in [-0.4, -0.2) is 39.1 Å². The van der Waals surface area contributed by atoms with Crippen LogP contribution >= 0.6 is 0 Å². The third kappa shape index (κ3) is 3.30. The number of aromatic nitrogens is 2. The Morgan fingerprint density at radius 2 is 2.07 bits per heavy atom. The Balaban J connectivity index is 1.48. The van der Waals surface area contributed by atoms with Gasteiger partial charge in [-0.05, 0) is 39.7 Å². The van der Waals surface area contributed by atoms with Crippen molar-refractivity contribution >= 4 is 23.7 Å². The molecule has 0 spiro atoms. The Kier molecular flexibility index (Phi) is 4.68. The summed E-state index contributed by atoms with van der Waals surface area (Å²) in [6.45, 7) is 4.77. The summed E-state index contributed by atoms with van der Waals surface area (Å²) in [5.41, 5.74) is -0.666. The fourth-order valence-electron chi connectivity index (χ4n) is 4.33. The number of aryl methyl sites for hydroxylation is 2. The molecule has 2 aromatic rings. The van der Waals surface area contributed by atoms with Crippen LogP contribution in [0.4, 0.5) is 10.6 Å². The van der Waals surface area contributed by atoms with E-state index in [1.165, 1.54) is 0 Å². The van der Waals surface area contributed by atoms with Crippen LogP contribution in [-0.2, 0) is 15.1 Å². The van der Waals surface area contributed by atoms with Gasteiger partial charge in [-0.1, -0.05) is 12.8 Å². The number of furan rings is 1. The molecule has 1 unspecified atom stereocenters. The van der Waals surface area contributed by atoms with E-state index in [0.29, 0.717) is 22.9 Å². The first kappa shape index (κ1) is 19.2. The minimum absolute atomic E-state index is 0.271. The quantitative estimate of drug-likeness (QED) is 0.751.